The van der Waals surface area contributed by atoms with Crippen molar-refractivity contribution in [2.45, 2.75) is 70.4 Å². The maximum absolute atomic E-state index is 13.6. The normalized spacial score (nSPS) is 39.2. The van der Waals surface area contributed by atoms with Gasteiger partial charge in [-0.25, -0.2) is 0 Å². The zero-order valence-electron chi connectivity index (χ0n) is 17.5. The minimum atomic E-state index is -1.04. The molecule has 152 valence electrons. The van der Waals surface area contributed by atoms with Crippen LogP contribution < -0.4 is 0 Å². The maximum atomic E-state index is 13.6. The molecule has 5 aliphatic rings. The summed E-state index contributed by atoms with van der Waals surface area (Å²) in [5.41, 5.74) is 0.856. The zero-order valence-corrected chi connectivity index (χ0v) is 17.5. The van der Waals surface area contributed by atoms with Crippen LogP contribution in [-0.4, -0.2) is 35.0 Å². The Morgan fingerprint density at radius 3 is 2.59 bits per heavy atom. The number of rotatable bonds is 3. The first kappa shape index (κ1) is 19.0. The van der Waals surface area contributed by atoms with E-state index in [1.165, 1.54) is 0 Å². The molecule has 4 nitrogen and oxygen atoms in total. The Balaban J connectivity index is 1.78. The molecular weight excluding hydrogens is 364 g/mol. The third-order valence-corrected chi connectivity index (χ3v) is 7.44. The van der Waals surface area contributed by atoms with E-state index >= 15 is 0 Å². The number of benzene rings is 1. The fourth-order valence-electron chi connectivity index (χ4n) is 6.34. The van der Waals surface area contributed by atoms with Gasteiger partial charge in [-0.1, -0.05) is 48.1 Å². The monoisotopic (exact) mass is 392 g/mol. The number of ketones is 2. The number of allylic oxidation sites excluding steroid dienone is 2. The SMILES string of the molecule is CC(C)=CCC12OC(C)(C)C3CC(OC4C(=O)CC(c5ccccc5)=CC431)C2=O. The Kier molecular flexibility index (Phi) is 3.92. The highest BCUT2D eigenvalue weighted by molar-refractivity contribution is 6.04. The van der Waals surface area contributed by atoms with Crippen molar-refractivity contribution >= 4 is 17.1 Å². The third kappa shape index (κ3) is 2.33. The number of ether oxygens (including phenoxy) is 2. The number of Topliss-reactive ketones (excluding diaryl/α,β-unsaturated/α-hetero) is 2. The second-order valence-electron chi connectivity index (χ2n) is 9.79. The lowest BCUT2D eigenvalue weighted by Crippen LogP contribution is -2.73. The lowest BCUT2D eigenvalue weighted by molar-refractivity contribution is -0.221. The molecule has 0 N–H and O–H groups in total. The van der Waals surface area contributed by atoms with E-state index in [2.05, 4.69) is 26.0 Å². The Hall–Kier alpha value is -2.04. The summed E-state index contributed by atoms with van der Waals surface area (Å²) in [4.78, 5) is 27.0. The molecular formula is C25H28O4. The molecule has 4 bridgehead atoms. The number of carbonyl (C=O) groups excluding carboxylic acids is 2. The van der Waals surface area contributed by atoms with Crippen LogP contribution in [0.25, 0.3) is 5.57 Å². The molecule has 0 aromatic heterocycles. The molecule has 29 heavy (non-hydrogen) atoms. The molecule has 4 heteroatoms. The Bertz CT molecular complexity index is 952. The van der Waals surface area contributed by atoms with Crippen molar-refractivity contribution < 1.29 is 19.1 Å². The third-order valence-electron chi connectivity index (χ3n) is 7.44. The molecule has 0 radical (unpaired) electrons. The van der Waals surface area contributed by atoms with Crippen LogP contribution in [-0.2, 0) is 19.1 Å². The molecule has 6 rings (SSSR count). The molecule has 3 saturated heterocycles. The molecule has 1 saturated carbocycles. The fourth-order valence-corrected chi connectivity index (χ4v) is 6.34. The largest absolute Gasteiger partial charge is 0.360 e. The molecule has 1 aromatic rings. The number of hydrogen-bond donors (Lipinski definition) is 0. The number of hydrogen-bond acceptors (Lipinski definition) is 4. The molecule has 1 spiro atoms. The van der Waals surface area contributed by atoms with Crippen LogP contribution in [0.5, 0.6) is 0 Å². The molecule has 0 amide bonds. The summed E-state index contributed by atoms with van der Waals surface area (Å²) in [7, 11) is 0. The first-order chi connectivity index (χ1) is 13.7. The van der Waals surface area contributed by atoms with Crippen LogP contribution in [0.1, 0.15) is 52.5 Å². The smallest absolute Gasteiger partial charge is 0.194 e. The van der Waals surface area contributed by atoms with Gasteiger partial charge in [0.05, 0.1) is 11.0 Å². The van der Waals surface area contributed by atoms with Gasteiger partial charge < -0.3 is 9.47 Å². The summed E-state index contributed by atoms with van der Waals surface area (Å²) in [5, 5.41) is 0. The van der Waals surface area contributed by atoms with Crippen LogP contribution in [0.2, 0.25) is 0 Å². The topological polar surface area (TPSA) is 52.6 Å². The summed E-state index contributed by atoms with van der Waals surface area (Å²) in [6.07, 6.45) is 4.56. The van der Waals surface area contributed by atoms with Crippen molar-refractivity contribution in [2.75, 3.05) is 0 Å². The van der Waals surface area contributed by atoms with E-state index in [0.29, 0.717) is 19.3 Å². The molecule has 5 atom stereocenters. The van der Waals surface area contributed by atoms with Gasteiger partial charge in [0.2, 0.25) is 0 Å². The van der Waals surface area contributed by atoms with E-state index in [-0.39, 0.29) is 17.5 Å². The van der Waals surface area contributed by atoms with Gasteiger partial charge in [0.1, 0.15) is 17.8 Å². The molecule has 1 aromatic carbocycles. The summed E-state index contributed by atoms with van der Waals surface area (Å²) < 4.78 is 12.8. The van der Waals surface area contributed by atoms with Crippen LogP contribution in [0, 0.1) is 11.3 Å². The van der Waals surface area contributed by atoms with Gasteiger partial charge >= 0.3 is 0 Å². The van der Waals surface area contributed by atoms with Gasteiger partial charge in [-0.15, -0.1) is 0 Å². The maximum Gasteiger partial charge on any atom is 0.194 e. The Morgan fingerprint density at radius 1 is 1.17 bits per heavy atom. The average molecular weight is 392 g/mol. The second kappa shape index (κ2) is 5.99. The molecule has 5 unspecified atom stereocenters. The van der Waals surface area contributed by atoms with Gasteiger partial charge in [-0.2, -0.15) is 0 Å². The van der Waals surface area contributed by atoms with Crippen LogP contribution in [0.15, 0.2) is 48.1 Å². The molecule has 4 fully saturated rings. The lowest BCUT2D eigenvalue weighted by atomic mass is 9.48. The van der Waals surface area contributed by atoms with E-state index in [4.69, 9.17) is 9.47 Å². The minimum absolute atomic E-state index is 0.00596. The highest BCUT2D eigenvalue weighted by Gasteiger charge is 2.80. The van der Waals surface area contributed by atoms with Crippen LogP contribution in [0.4, 0.5) is 0 Å². The van der Waals surface area contributed by atoms with Crippen molar-refractivity contribution in [3.8, 4) is 0 Å². The first-order valence-electron chi connectivity index (χ1n) is 10.5. The van der Waals surface area contributed by atoms with Gasteiger partial charge in [0.15, 0.2) is 11.6 Å². The van der Waals surface area contributed by atoms with Crippen LogP contribution in [0.3, 0.4) is 0 Å². The highest BCUT2D eigenvalue weighted by atomic mass is 16.6. The minimum Gasteiger partial charge on any atom is -0.360 e. The van der Waals surface area contributed by atoms with E-state index in [0.717, 1.165) is 16.7 Å². The zero-order chi connectivity index (χ0) is 20.6. The fraction of sp³-hybridized carbons (Fsp3) is 0.520. The van der Waals surface area contributed by atoms with Gasteiger partial charge in [-0.3, -0.25) is 9.59 Å². The van der Waals surface area contributed by atoms with Crippen molar-refractivity contribution in [1.29, 1.82) is 0 Å². The van der Waals surface area contributed by atoms with E-state index in [1.54, 1.807) is 0 Å². The van der Waals surface area contributed by atoms with E-state index < -0.39 is 28.8 Å². The molecule has 3 aliphatic heterocycles. The summed E-state index contributed by atoms with van der Waals surface area (Å²) in [6, 6.07) is 10.0. The predicted molar refractivity (Wildman–Crippen MR) is 110 cm³/mol. The van der Waals surface area contributed by atoms with Crippen molar-refractivity contribution in [2.24, 2.45) is 11.3 Å². The Labute approximate surface area is 172 Å². The van der Waals surface area contributed by atoms with E-state index in [1.807, 2.05) is 44.2 Å². The predicted octanol–water partition coefficient (Wildman–Crippen LogP) is 4.29. The summed E-state index contributed by atoms with van der Waals surface area (Å²) in [6.45, 7) is 8.19. The van der Waals surface area contributed by atoms with Gasteiger partial charge in [0.25, 0.3) is 0 Å². The quantitative estimate of drug-likeness (QED) is 0.720. The van der Waals surface area contributed by atoms with Gasteiger partial charge in [-0.05, 0) is 45.3 Å². The van der Waals surface area contributed by atoms with Crippen molar-refractivity contribution in [1.82, 2.24) is 0 Å². The van der Waals surface area contributed by atoms with Crippen molar-refractivity contribution in [3.63, 3.8) is 0 Å². The van der Waals surface area contributed by atoms with Crippen molar-refractivity contribution in [3.05, 3.63) is 53.6 Å². The standard InChI is InChI=1S/C25H28O4/c1-15(2)10-11-25-21(27)19-13-20(23(3,4)29-25)24(25)14-17(12-18(26)22(24)28-19)16-8-6-5-7-9-16/h5-10,14,19-20,22H,11-13H2,1-4H3. The molecule has 3 heterocycles. The molecule has 2 aliphatic carbocycles. The van der Waals surface area contributed by atoms with Gasteiger partial charge in [0, 0.05) is 18.8 Å². The summed E-state index contributed by atoms with van der Waals surface area (Å²) in [5.74, 6) is 0.132. The number of carbonyl (C=O) groups is 2. The Morgan fingerprint density at radius 2 is 1.90 bits per heavy atom. The highest BCUT2D eigenvalue weighted by Crippen LogP contribution is 2.69. The van der Waals surface area contributed by atoms with E-state index in [9.17, 15) is 9.59 Å². The second-order valence-corrected chi connectivity index (χ2v) is 9.79. The first-order valence-corrected chi connectivity index (χ1v) is 10.5. The summed E-state index contributed by atoms with van der Waals surface area (Å²) >= 11 is 0. The average Bonchev–Trinajstić information content (AvgIpc) is 2.84. The lowest BCUT2D eigenvalue weighted by Gasteiger charge is -2.59. The van der Waals surface area contributed by atoms with Crippen LogP contribution >= 0.6 is 0 Å².